The van der Waals surface area contributed by atoms with Gasteiger partial charge in [-0.25, -0.2) is 4.79 Å². The summed E-state index contributed by atoms with van der Waals surface area (Å²) in [5.41, 5.74) is -0.193. The zero-order valence-electron chi connectivity index (χ0n) is 9.80. The van der Waals surface area contributed by atoms with E-state index in [2.05, 4.69) is 4.90 Å². The van der Waals surface area contributed by atoms with Gasteiger partial charge in [-0.1, -0.05) is 0 Å². The van der Waals surface area contributed by atoms with Crippen LogP contribution in [0.15, 0.2) is 0 Å². The van der Waals surface area contributed by atoms with Crippen molar-refractivity contribution in [2.75, 3.05) is 46.0 Å². The highest BCUT2D eigenvalue weighted by Gasteiger charge is 2.52. The largest absolute Gasteiger partial charge is 0.465 e. The van der Waals surface area contributed by atoms with Crippen LogP contribution in [-0.2, 0) is 9.47 Å². The van der Waals surface area contributed by atoms with E-state index in [1.807, 2.05) is 0 Å². The second-order valence-corrected chi connectivity index (χ2v) is 5.14. The molecule has 3 rings (SSSR count). The van der Waals surface area contributed by atoms with Crippen LogP contribution in [-0.4, -0.2) is 78.6 Å². The molecule has 3 aliphatic heterocycles. The van der Waals surface area contributed by atoms with Gasteiger partial charge in [0.25, 0.3) is 0 Å². The third-order valence-electron chi connectivity index (χ3n) is 3.98. The number of rotatable bonds is 1. The minimum atomic E-state index is -0.839. The molecule has 0 unspecified atom stereocenters. The maximum atomic E-state index is 10.7. The first kappa shape index (κ1) is 11.3. The summed E-state index contributed by atoms with van der Waals surface area (Å²) in [4.78, 5) is 14.6. The molecule has 3 aliphatic rings. The minimum Gasteiger partial charge on any atom is -0.465 e. The second-order valence-electron chi connectivity index (χ2n) is 5.14. The molecule has 96 valence electrons. The average Bonchev–Trinajstić information content (AvgIpc) is 2.73. The van der Waals surface area contributed by atoms with Gasteiger partial charge in [0.05, 0.1) is 32.9 Å². The molecule has 6 nitrogen and oxygen atoms in total. The van der Waals surface area contributed by atoms with E-state index < -0.39 is 6.09 Å². The van der Waals surface area contributed by atoms with Crippen molar-refractivity contribution in [3.05, 3.63) is 0 Å². The lowest BCUT2D eigenvalue weighted by Gasteiger charge is -2.45. The number of likely N-dealkylation sites (tertiary alicyclic amines) is 1. The van der Waals surface area contributed by atoms with Crippen LogP contribution in [0.1, 0.15) is 6.42 Å². The SMILES string of the molecule is O=C(O)N1CC2(C[C@@H](N3CCOCC3)CO2)C1. The normalized spacial score (nSPS) is 32.7. The van der Waals surface area contributed by atoms with E-state index in [-0.39, 0.29) is 5.60 Å². The van der Waals surface area contributed by atoms with Crippen LogP contribution >= 0.6 is 0 Å². The van der Waals surface area contributed by atoms with Crippen molar-refractivity contribution in [3.63, 3.8) is 0 Å². The third-order valence-corrected chi connectivity index (χ3v) is 3.98. The number of amides is 1. The van der Waals surface area contributed by atoms with Crippen LogP contribution in [0.5, 0.6) is 0 Å². The quantitative estimate of drug-likeness (QED) is 0.692. The zero-order chi connectivity index (χ0) is 11.9. The number of morpholine rings is 1. The predicted octanol–water partition coefficient (Wildman–Crippen LogP) is -0.160. The van der Waals surface area contributed by atoms with Crippen molar-refractivity contribution >= 4 is 6.09 Å². The number of carboxylic acid groups (broad SMARTS) is 1. The molecule has 0 radical (unpaired) electrons. The summed E-state index contributed by atoms with van der Waals surface area (Å²) in [6, 6.07) is 0.440. The Morgan fingerprint density at radius 1 is 1.29 bits per heavy atom. The van der Waals surface area contributed by atoms with Crippen LogP contribution < -0.4 is 0 Å². The summed E-state index contributed by atoms with van der Waals surface area (Å²) in [7, 11) is 0. The molecular formula is C11H18N2O4. The standard InChI is InChI=1S/C11H18N2O4/c14-10(15)13-7-11(8-13)5-9(6-17-11)12-1-3-16-4-2-12/h9H,1-8H2,(H,14,15)/t9-/m1/s1. The summed E-state index contributed by atoms with van der Waals surface area (Å²) < 4.78 is 11.2. The van der Waals surface area contributed by atoms with Crippen LogP contribution in [0.3, 0.4) is 0 Å². The van der Waals surface area contributed by atoms with E-state index in [0.717, 1.165) is 39.3 Å². The number of carbonyl (C=O) groups is 1. The highest BCUT2D eigenvalue weighted by atomic mass is 16.5. The van der Waals surface area contributed by atoms with Crippen LogP contribution in [0, 0.1) is 0 Å². The van der Waals surface area contributed by atoms with Gasteiger partial charge >= 0.3 is 6.09 Å². The second kappa shape index (κ2) is 4.12. The summed E-state index contributed by atoms with van der Waals surface area (Å²) in [5.74, 6) is 0. The molecule has 0 aromatic rings. The number of hydrogen-bond acceptors (Lipinski definition) is 4. The average molecular weight is 242 g/mol. The molecule has 3 fully saturated rings. The molecule has 0 saturated carbocycles. The van der Waals surface area contributed by atoms with Gasteiger partial charge in [0, 0.05) is 19.1 Å². The lowest BCUT2D eigenvalue weighted by atomic mass is 9.89. The molecule has 0 aromatic carbocycles. The van der Waals surface area contributed by atoms with Gasteiger partial charge in [0.2, 0.25) is 0 Å². The van der Waals surface area contributed by atoms with Crippen molar-refractivity contribution < 1.29 is 19.4 Å². The van der Waals surface area contributed by atoms with Gasteiger partial charge in [-0.3, -0.25) is 4.90 Å². The fourth-order valence-corrected chi connectivity index (χ4v) is 3.00. The minimum absolute atomic E-state index is 0.193. The summed E-state index contributed by atoms with van der Waals surface area (Å²) in [6.45, 7) is 5.31. The number of ether oxygens (including phenoxy) is 2. The van der Waals surface area contributed by atoms with Crippen molar-refractivity contribution in [2.45, 2.75) is 18.1 Å². The van der Waals surface area contributed by atoms with Crippen LogP contribution in [0.25, 0.3) is 0 Å². The third kappa shape index (κ3) is 2.00. The Morgan fingerprint density at radius 2 is 2.00 bits per heavy atom. The maximum Gasteiger partial charge on any atom is 0.407 e. The van der Waals surface area contributed by atoms with Gasteiger partial charge in [0.15, 0.2) is 0 Å². The number of nitrogens with zero attached hydrogens (tertiary/aromatic N) is 2. The van der Waals surface area contributed by atoms with Gasteiger partial charge in [0.1, 0.15) is 5.60 Å². The Morgan fingerprint density at radius 3 is 2.65 bits per heavy atom. The van der Waals surface area contributed by atoms with Gasteiger partial charge in [-0.15, -0.1) is 0 Å². The highest BCUT2D eigenvalue weighted by molar-refractivity contribution is 5.66. The van der Waals surface area contributed by atoms with E-state index in [0.29, 0.717) is 19.1 Å². The van der Waals surface area contributed by atoms with Gasteiger partial charge in [-0.05, 0) is 6.42 Å². The monoisotopic (exact) mass is 242 g/mol. The molecule has 0 aromatic heterocycles. The fourth-order valence-electron chi connectivity index (χ4n) is 3.00. The molecular weight excluding hydrogens is 224 g/mol. The molecule has 3 saturated heterocycles. The Labute approximate surface area is 100 Å². The van der Waals surface area contributed by atoms with Crippen molar-refractivity contribution in [1.29, 1.82) is 0 Å². The molecule has 1 N–H and O–H groups in total. The molecule has 0 aliphatic carbocycles. The molecule has 17 heavy (non-hydrogen) atoms. The lowest BCUT2D eigenvalue weighted by Crippen LogP contribution is -2.63. The molecule has 3 heterocycles. The molecule has 1 spiro atoms. The highest BCUT2D eigenvalue weighted by Crippen LogP contribution is 2.36. The lowest BCUT2D eigenvalue weighted by molar-refractivity contribution is -0.0982. The number of hydrogen-bond donors (Lipinski definition) is 1. The summed E-state index contributed by atoms with van der Waals surface area (Å²) in [5, 5.41) is 8.83. The van der Waals surface area contributed by atoms with Crippen molar-refractivity contribution in [1.82, 2.24) is 9.80 Å². The van der Waals surface area contributed by atoms with E-state index in [1.165, 1.54) is 4.90 Å². The predicted molar refractivity (Wildman–Crippen MR) is 59.1 cm³/mol. The molecule has 1 amide bonds. The smallest absolute Gasteiger partial charge is 0.407 e. The fraction of sp³-hybridized carbons (Fsp3) is 0.909. The first-order valence-electron chi connectivity index (χ1n) is 6.12. The Hall–Kier alpha value is -0.850. The zero-order valence-corrected chi connectivity index (χ0v) is 9.80. The molecule has 1 atom stereocenters. The van der Waals surface area contributed by atoms with Crippen LogP contribution in [0.4, 0.5) is 4.79 Å². The van der Waals surface area contributed by atoms with E-state index in [4.69, 9.17) is 14.6 Å². The Kier molecular flexibility index (Phi) is 2.72. The van der Waals surface area contributed by atoms with Crippen LogP contribution in [0.2, 0.25) is 0 Å². The first-order valence-corrected chi connectivity index (χ1v) is 6.12. The Balaban J connectivity index is 1.54. The van der Waals surface area contributed by atoms with E-state index in [1.54, 1.807) is 0 Å². The molecule has 6 heteroatoms. The van der Waals surface area contributed by atoms with Gasteiger partial charge < -0.3 is 19.5 Å². The Bertz CT molecular complexity index is 311. The maximum absolute atomic E-state index is 10.7. The van der Waals surface area contributed by atoms with E-state index in [9.17, 15) is 4.79 Å². The van der Waals surface area contributed by atoms with Gasteiger partial charge in [-0.2, -0.15) is 0 Å². The van der Waals surface area contributed by atoms with Crippen molar-refractivity contribution in [3.8, 4) is 0 Å². The first-order chi connectivity index (χ1) is 8.19. The van der Waals surface area contributed by atoms with E-state index >= 15 is 0 Å². The van der Waals surface area contributed by atoms with Crippen molar-refractivity contribution in [2.24, 2.45) is 0 Å². The summed E-state index contributed by atoms with van der Waals surface area (Å²) in [6.07, 6.45) is 0.116. The summed E-state index contributed by atoms with van der Waals surface area (Å²) >= 11 is 0. The topological polar surface area (TPSA) is 62.2 Å². The molecule has 0 bridgehead atoms.